The molecule has 0 saturated carbocycles. The first-order valence-corrected chi connectivity index (χ1v) is 11.0. The van der Waals surface area contributed by atoms with Gasteiger partial charge < -0.3 is 15.8 Å². The Kier molecular flexibility index (Phi) is 6.16. The number of rotatable bonds is 6. The van der Waals surface area contributed by atoms with E-state index in [0.29, 0.717) is 26.7 Å². The number of thioether (sulfide) groups is 1. The molecule has 8 nitrogen and oxygen atoms in total. The molecule has 0 bridgehead atoms. The van der Waals surface area contributed by atoms with Gasteiger partial charge in [0.15, 0.2) is 10.3 Å². The van der Waals surface area contributed by atoms with Crippen molar-refractivity contribution >= 4 is 67.5 Å². The van der Waals surface area contributed by atoms with Crippen molar-refractivity contribution in [3.05, 3.63) is 21.0 Å². The molecule has 3 aromatic heterocycles. The van der Waals surface area contributed by atoms with Crippen LogP contribution in [0, 0.1) is 20.8 Å². The number of nitrogens with zero attached hydrogens (tertiary/aromatic N) is 3. The van der Waals surface area contributed by atoms with E-state index >= 15 is 0 Å². The molecule has 0 radical (unpaired) electrons. The van der Waals surface area contributed by atoms with Gasteiger partial charge in [0.2, 0.25) is 5.91 Å². The summed E-state index contributed by atoms with van der Waals surface area (Å²) >= 11 is 3.84. The van der Waals surface area contributed by atoms with Gasteiger partial charge in [0.25, 0.3) is 0 Å². The summed E-state index contributed by atoms with van der Waals surface area (Å²) in [6, 6.07) is 0. The molecule has 1 amide bonds. The van der Waals surface area contributed by atoms with Crippen molar-refractivity contribution in [1.82, 2.24) is 15.0 Å². The lowest BCUT2D eigenvalue weighted by Gasteiger charge is -2.03. The molecule has 28 heavy (non-hydrogen) atoms. The first kappa shape index (κ1) is 20.5. The van der Waals surface area contributed by atoms with Crippen molar-refractivity contribution in [1.29, 1.82) is 0 Å². The predicted octanol–water partition coefficient (Wildman–Crippen LogP) is 3.56. The highest BCUT2D eigenvalue weighted by atomic mass is 32.2. The molecule has 0 aliphatic carbocycles. The van der Waals surface area contributed by atoms with Gasteiger partial charge in [-0.3, -0.25) is 4.79 Å². The SMILES string of the molecule is CCOC(=O)c1sc(NC(=O)CSc2nc(N)c3c(C)c(C)sc3n2)nc1C. The van der Waals surface area contributed by atoms with Crippen LogP contribution in [0.3, 0.4) is 0 Å². The molecule has 0 fully saturated rings. The third-order valence-corrected chi connectivity index (χ3v) is 6.87. The molecule has 11 heteroatoms. The van der Waals surface area contributed by atoms with Crippen molar-refractivity contribution in [3.8, 4) is 0 Å². The Balaban J connectivity index is 1.66. The van der Waals surface area contributed by atoms with Gasteiger partial charge in [0.05, 0.1) is 23.4 Å². The molecule has 3 rings (SSSR count). The average molecular weight is 438 g/mol. The van der Waals surface area contributed by atoms with Gasteiger partial charge in [-0.1, -0.05) is 23.1 Å². The van der Waals surface area contributed by atoms with E-state index < -0.39 is 5.97 Å². The van der Waals surface area contributed by atoms with Crippen LogP contribution in [0.5, 0.6) is 0 Å². The molecular formula is C17H19N5O3S3. The van der Waals surface area contributed by atoms with Crippen molar-refractivity contribution < 1.29 is 14.3 Å². The zero-order valence-corrected chi connectivity index (χ0v) is 18.2. The van der Waals surface area contributed by atoms with Gasteiger partial charge in [-0.05, 0) is 33.3 Å². The molecule has 0 aromatic carbocycles. The minimum absolute atomic E-state index is 0.0989. The van der Waals surface area contributed by atoms with Crippen LogP contribution in [-0.2, 0) is 9.53 Å². The lowest BCUT2D eigenvalue weighted by Crippen LogP contribution is -2.14. The number of carbonyl (C=O) groups is 2. The Morgan fingerprint density at radius 2 is 1.93 bits per heavy atom. The summed E-state index contributed by atoms with van der Waals surface area (Å²) in [7, 11) is 0. The number of hydrogen-bond donors (Lipinski definition) is 2. The fourth-order valence-corrected chi connectivity index (χ4v) is 5.07. The summed E-state index contributed by atoms with van der Waals surface area (Å²) in [4.78, 5) is 39.4. The number of carbonyl (C=O) groups excluding carboxylic acids is 2. The van der Waals surface area contributed by atoms with Gasteiger partial charge in [-0.2, -0.15) is 0 Å². The number of aryl methyl sites for hydroxylation is 3. The number of thiophene rings is 1. The zero-order valence-electron chi connectivity index (χ0n) is 15.8. The zero-order chi connectivity index (χ0) is 20.4. The maximum Gasteiger partial charge on any atom is 0.350 e. The van der Waals surface area contributed by atoms with Crippen LogP contribution in [0.4, 0.5) is 10.9 Å². The van der Waals surface area contributed by atoms with E-state index in [4.69, 9.17) is 10.5 Å². The van der Waals surface area contributed by atoms with Crippen molar-refractivity contribution in [2.75, 3.05) is 23.4 Å². The normalized spacial score (nSPS) is 11.0. The van der Waals surface area contributed by atoms with Crippen LogP contribution < -0.4 is 11.1 Å². The number of thiazole rings is 1. The van der Waals surface area contributed by atoms with Crippen molar-refractivity contribution in [2.45, 2.75) is 32.9 Å². The smallest absolute Gasteiger partial charge is 0.350 e. The number of hydrogen-bond acceptors (Lipinski definition) is 10. The summed E-state index contributed by atoms with van der Waals surface area (Å²) in [5.41, 5.74) is 7.67. The largest absolute Gasteiger partial charge is 0.462 e. The second-order valence-electron chi connectivity index (χ2n) is 5.85. The van der Waals surface area contributed by atoms with E-state index in [1.807, 2.05) is 13.8 Å². The summed E-state index contributed by atoms with van der Waals surface area (Å²) in [6.07, 6.45) is 0. The number of anilines is 2. The summed E-state index contributed by atoms with van der Waals surface area (Å²) < 4.78 is 4.98. The molecule has 3 aromatic rings. The van der Waals surface area contributed by atoms with Gasteiger partial charge in [0.1, 0.15) is 15.5 Å². The fourth-order valence-electron chi connectivity index (χ4n) is 2.45. The summed E-state index contributed by atoms with van der Waals surface area (Å²) in [5, 5.41) is 4.37. The van der Waals surface area contributed by atoms with E-state index in [9.17, 15) is 9.59 Å². The number of amides is 1. The first-order chi connectivity index (χ1) is 13.3. The van der Waals surface area contributed by atoms with Crippen LogP contribution in [-0.4, -0.2) is 39.2 Å². The molecule has 0 spiro atoms. The maximum atomic E-state index is 12.2. The number of fused-ring (bicyclic) bond motifs is 1. The van der Waals surface area contributed by atoms with E-state index in [0.717, 1.165) is 32.0 Å². The Morgan fingerprint density at radius 3 is 2.64 bits per heavy atom. The van der Waals surface area contributed by atoms with E-state index in [1.165, 1.54) is 11.8 Å². The first-order valence-electron chi connectivity index (χ1n) is 8.40. The van der Waals surface area contributed by atoms with Crippen LogP contribution in [0.15, 0.2) is 5.16 Å². The van der Waals surface area contributed by atoms with Gasteiger partial charge in [-0.15, -0.1) is 11.3 Å². The predicted molar refractivity (Wildman–Crippen MR) is 113 cm³/mol. The lowest BCUT2D eigenvalue weighted by atomic mass is 10.2. The number of nitrogen functional groups attached to an aromatic ring is 1. The molecule has 0 atom stereocenters. The van der Waals surface area contributed by atoms with E-state index in [-0.39, 0.29) is 18.3 Å². The lowest BCUT2D eigenvalue weighted by molar-refractivity contribution is -0.113. The number of ether oxygens (including phenoxy) is 1. The molecule has 0 aliphatic heterocycles. The minimum atomic E-state index is -0.439. The van der Waals surface area contributed by atoms with Crippen LogP contribution >= 0.6 is 34.4 Å². The quantitative estimate of drug-likeness (QED) is 0.341. The highest BCUT2D eigenvalue weighted by molar-refractivity contribution is 7.99. The molecule has 3 N–H and O–H groups in total. The topological polar surface area (TPSA) is 120 Å². The van der Waals surface area contributed by atoms with Crippen molar-refractivity contribution in [3.63, 3.8) is 0 Å². The molecule has 3 heterocycles. The van der Waals surface area contributed by atoms with E-state index in [2.05, 4.69) is 20.3 Å². The number of esters is 1. The van der Waals surface area contributed by atoms with Crippen LogP contribution in [0.25, 0.3) is 10.2 Å². The number of aromatic nitrogens is 3. The van der Waals surface area contributed by atoms with E-state index in [1.54, 1.807) is 25.2 Å². The molecule has 148 valence electrons. The van der Waals surface area contributed by atoms with Gasteiger partial charge in [-0.25, -0.2) is 19.7 Å². The Labute approximate surface area is 173 Å². The Hall–Kier alpha value is -2.24. The van der Waals surface area contributed by atoms with Gasteiger partial charge >= 0.3 is 5.97 Å². The van der Waals surface area contributed by atoms with Crippen molar-refractivity contribution in [2.24, 2.45) is 0 Å². The molecular weight excluding hydrogens is 418 g/mol. The third-order valence-electron chi connectivity index (χ3n) is 3.87. The number of nitrogens with two attached hydrogens (primary N) is 1. The third kappa shape index (κ3) is 4.26. The highest BCUT2D eigenvalue weighted by Crippen LogP contribution is 2.33. The number of nitrogens with one attached hydrogen (secondary N) is 1. The van der Waals surface area contributed by atoms with Gasteiger partial charge in [0, 0.05) is 4.88 Å². The van der Waals surface area contributed by atoms with Crippen LogP contribution in [0.2, 0.25) is 0 Å². The summed E-state index contributed by atoms with van der Waals surface area (Å²) in [6.45, 7) is 7.73. The monoisotopic (exact) mass is 437 g/mol. The standard InChI is InChI=1S/C17H19N5O3S3/c1-5-25-15(24)12-8(3)19-17(28-12)20-10(23)6-26-16-21-13(18)11-7(2)9(4)27-14(11)22-16/h5-6H2,1-4H3,(H2,18,21,22)(H,19,20,23). The fraction of sp³-hybridized carbons (Fsp3) is 0.353. The Bertz CT molecular complexity index is 1060. The average Bonchev–Trinajstić information content (AvgIpc) is 3.13. The summed E-state index contributed by atoms with van der Waals surface area (Å²) in [5.74, 6) is -0.188. The van der Waals surface area contributed by atoms with Crippen LogP contribution in [0.1, 0.15) is 32.7 Å². The molecule has 0 unspecified atom stereocenters. The highest BCUT2D eigenvalue weighted by Gasteiger charge is 2.18. The molecule has 0 saturated heterocycles. The Morgan fingerprint density at radius 1 is 1.18 bits per heavy atom. The second kappa shape index (κ2) is 8.41. The maximum absolute atomic E-state index is 12.2. The second-order valence-corrected chi connectivity index (χ2v) is 8.99. The minimum Gasteiger partial charge on any atom is -0.462 e. The molecule has 0 aliphatic rings.